The van der Waals surface area contributed by atoms with Crippen molar-refractivity contribution in [3.63, 3.8) is 0 Å². The molecule has 0 saturated carbocycles. The molecule has 1 aromatic heterocycles. The Morgan fingerprint density at radius 2 is 1.94 bits per heavy atom. The highest BCUT2D eigenvalue weighted by atomic mass is 16.5. The normalized spacial score (nSPS) is 11.3. The molecule has 2 aromatic rings. The molecule has 3 heteroatoms. The van der Waals surface area contributed by atoms with Gasteiger partial charge in [0.25, 0.3) is 0 Å². The van der Waals surface area contributed by atoms with Crippen molar-refractivity contribution in [3.05, 3.63) is 24.0 Å². The highest BCUT2D eigenvalue weighted by molar-refractivity contribution is 5.76. The van der Waals surface area contributed by atoms with E-state index in [1.165, 1.54) is 25.7 Å². The van der Waals surface area contributed by atoms with Crippen LogP contribution >= 0.6 is 0 Å². The molecule has 18 heavy (non-hydrogen) atoms. The molecule has 3 nitrogen and oxygen atoms in total. The van der Waals surface area contributed by atoms with Crippen LogP contribution in [-0.4, -0.2) is 17.1 Å². The number of rotatable bonds is 6. The van der Waals surface area contributed by atoms with Gasteiger partial charge in [-0.25, -0.2) is 4.98 Å². The predicted octanol–water partition coefficient (Wildman–Crippen LogP) is 4.26. The number of aromatic nitrogens is 2. The summed E-state index contributed by atoms with van der Waals surface area (Å²) in [5, 5.41) is 0. The Bertz CT molecular complexity index is 498. The summed E-state index contributed by atoms with van der Waals surface area (Å²) >= 11 is 0. The monoisotopic (exact) mass is 246 g/mol. The van der Waals surface area contributed by atoms with Crippen molar-refractivity contribution in [3.8, 4) is 5.75 Å². The fourth-order valence-corrected chi connectivity index (χ4v) is 2.44. The number of benzene rings is 1. The number of nitrogens with one attached hydrogen (secondary N) is 1. The number of methoxy groups -OCH3 is 1. The van der Waals surface area contributed by atoms with Crippen molar-refractivity contribution >= 4 is 11.0 Å². The van der Waals surface area contributed by atoms with Crippen molar-refractivity contribution in [1.82, 2.24) is 9.97 Å². The maximum Gasteiger partial charge on any atom is 0.121 e. The molecule has 0 saturated heterocycles. The second kappa shape index (κ2) is 5.89. The first-order valence-electron chi connectivity index (χ1n) is 6.82. The summed E-state index contributed by atoms with van der Waals surface area (Å²) in [7, 11) is 1.69. The van der Waals surface area contributed by atoms with E-state index in [1.807, 2.05) is 18.2 Å². The number of H-pyrrole nitrogens is 1. The zero-order chi connectivity index (χ0) is 13.0. The van der Waals surface area contributed by atoms with E-state index < -0.39 is 0 Å². The first kappa shape index (κ1) is 12.9. The van der Waals surface area contributed by atoms with E-state index in [0.29, 0.717) is 5.92 Å². The maximum atomic E-state index is 5.24. The fraction of sp³-hybridized carbons (Fsp3) is 0.533. The average molecular weight is 246 g/mol. The minimum Gasteiger partial charge on any atom is -0.497 e. The molecule has 2 rings (SSSR count). The lowest BCUT2D eigenvalue weighted by atomic mass is 9.98. The van der Waals surface area contributed by atoms with E-state index in [4.69, 9.17) is 9.72 Å². The molecular formula is C15H22N2O. The number of aromatic amines is 1. The fourth-order valence-electron chi connectivity index (χ4n) is 2.44. The lowest BCUT2D eigenvalue weighted by molar-refractivity contribution is 0.415. The zero-order valence-electron chi connectivity index (χ0n) is 11.5. The third-order valence-electron chi connectivity index (χ3n) is 3.37. The Hall–Kier alpha value is -1.51. The summed E-state index contributed by atoms with van der Waals surface area (Å²) < 4.78 is 5.24. The van der Waals surface area contributed by atoms with E-state index in [9.17, 15) is 0 Å². The van der Waals surface area contributed by atoms with Gasteiger partial charge in [-0.05, 0) is 25.0 Å². The molecular weight excluding hydrogens is 224 g/mol. The average Bonchev–Trinajstić information content (AvgIpc) is 2.81. The van der Waals surface area contributed by atoms with Gasteiger partial charge in [-0.3, -0.25) is 0 Å². The first-order valence-corrected chi connectivity index (χ1v) is 6.82. The number of hydrogen-bond donors (Lipinski definition) is 1. The summed E-state index contributed by atoms with van der Waals surface area (Å²) in [5.74, 6) is 2.56. The van der Waals surface area contributed by atoms with Crippen molar-refractivity contribution < 1.29 is 4.74 Å². The summed E-state index contributed by atoms with van der Waals surface area (Å²) in [6.07, 6.45) is 4.80. The third kappa shape index (κ3) is 2.66. The number of hydrogen-bond acceptors (Lipinski definition) is 2. The smallest absolute Gasteiger partial charge is 0.121 e. The van der Waals surface area contributed by atoms with Crippen molar-refractivity contribution in [2.24, 2.45) is 0 Å². The number of fused-ring (bicyclic) bond motifs is 1. The Labute approximate surface area is 109 Å². The van der Waals surface area contributed by atoms with Gasteiger partial charge in [-0.1, -0.05) is 26.7 Å². The molecule has 0 spiro atoms. The van der Waals surface area contributed by atoms with Crippen LogP contribution in [0.2, 0.25) is 0 Å². The van der Waals surface area contributed by atoms with E-state index in [0.717, 1.165) is 22.6 Å². The van der Waals surface area contributed by atoms with Gasteiger partial charge in [0.1, 0.15) is 11.6 Å². The Balaban J connectivity index is 2.32. The van der Waals surface area contributed by atoms with Crippen LogP contribution in [0.15, 0.2) is 18.2 Å². The molecule has 0 amide bonds. The van der Waals surface area contributed by atoms with Crippen LogP contribution in [0, 0.1) is 0 Å². The summed E-state index contributed by atoms with van der Waals surface area (Å²) in [6.45, 7) is 4.46. The van der Waals surface area contributed by atoms with E-state index in [2.05, 4.69) is 18.8 Å². The van der Waals surface area contributed by atoms with Gasteiger partial charge in [0.2, 0.25) is 0 Å². The molecule has 1 N–H and O–H groups in total. The predicted molar refractivity (Wildman–Crippen MR) is 75.2 cm³/mol. The van der Waals surface area contributed by atoms with Crippen molar-refractivity contribution in [2.45, 2.75) is 45.4 Å². The molecule has 0 atom stereocenters. The molecule has 0 radical (unpaired) electrons. The summed E-state index contributed by atoms with van der Waals surface area (Å²) in [6, 6.07) is 5.99. The quantitative estimate of drug-likeness (QED) is 0.827. The standard InChI is InChI=1S/C15H22N2O/c1-4-6-11(7-5-2)15-16-13-9-8-12(18-3)10-14(13)17-15/h8-11H,4-7H2,1-3H3,(H,16,17). The Morgan fingerprint density at radius 3 is 2.56 bits per heavy atom. The summed E-state index contributed by atoms with van der Waals surface area (Å²) in [4.78, 5) is 8.16. The molecule has 0 bridgehead atoms. The molecule has 0 aliphatic rings. The van der Waals surface area contributed by atoms with Crippen LogP contribution in [0.25, 0.3) is 11.0 Å². The van der Waals surface area contributed by atoms with E-state index in [-0.39, 0.29) is 0 Å². The maximum absolute atomic E-state index is 5.24. The van der Waals surface area contributed by atoms with Crippen LogP contribution < -0.4 is 4.74 Å². The second-order valence-electron chi connectivity index (χ2n) is 4.78. The second-order valence-corrected chi connectivity index (χ2v) is 4.78. The highest BCUT2D eigenvalue weighted by Crippen LogP contribution is 2.27. The van der Waals surface area contributed by atoms with E-state index >= 15 is 0 Å². The van der Waals surface area contributed by atoms with Crippen LogP contribution in [0.3, 0.4) is 0 Å². The molecule has 0 aliphatic carbocycles. The van der Waals surface area contributed by atoms with Gasteiger partial charge in [0, 0.05) is 12.0 Å². The minimum atomic E-state index is 0.554. The third-order valence-corrected chi connectivity index (χ3v) is 3.37. The SMILES string of the molecule is CCCC(CCC)c1nc2ccc(OC)cc2[nH]1. The van der Waals surface area contributed by atoms with Crippen molar-refractivity contribution in [1.29, 1.82) is 0 Å². The molecule has 1 heterocycles. The topological polar surface area (TPSA) is 37.9 Å². The van der Waals surface area contributed by atoms with Gasteiger partial charge in [0.05, 0.1) is 18.1 Å². The van der Waals surface area contributed by atoms with E-state index in [1.54, 1.807) is 7.11 Å². The molecule has 98 valence electrons. The van der Waals surface area contributed by atoms with Gasteiger partial charge in [0.15, 0.2) is 0 Å². The van der Waals surface area contributed by atoms with Gasteiger partial charge >= 0.3 is 0 Å². The Morgan fingerprint density at radius 1 is 1.22 bits per heavy atom. The first-order chi connectivity index (χ1) is 8.78. The van der Waals surface area contributed by atoms with Crippen LogP contribution in [0.4, 0.5) is 0 Å². The minimum absolute atomic E-state index is 0.554. The molecule has 0 unspecified atom stereocenters. The lowest BCUT2D eigenvalue weighted by Gasteiger charge is -2.11. The highest BCUT2D eigenvalue weighted by Gasteiger charge is 2.14. The number of imidazole rings is 1. The van der Waals surface area contributed by atoms with Gasteiger partial charge in [-0.2, -0.15) is 0 Å². The zero-order valence-corrected chi connectivity index (χ0v) is 11.5. The Kier molecular flexibility index (Phi) is 4.24. The number of ether oxygens (including phenoxy) is 1. The van der Waals surface area contributed by atoms with Crippen LogP contribution in [-0.2, 0) is 0 Å². The summed E-state index contributed by atoms with van der Waals surface area (Å²) in [5.41, 5.74) is 2.10. The molecule has 0 fully saturated rings. The van der Waals surface area contributed by atoms with Crippen LogP contribution in [0.5, 0.6) is 5.75 Å². The van der Waals surface area contributed by atoms with Crippen molar-refractivity contribution in [2.75, 3.05) is 7.11 Å². The lowest BCUT2D eigenvalue weighted by Crippen LogP contribution is -2.00. The van der Waals surface area contributed by atoms with Crippen LogP contribution in [0.1, 0.15) is 51.3 Å². The van der Waals surface area contributed by atoms with Gasteiger partial charge in [-0.15, -0.1) is 0 Å². The largest absolute Gasteiger partial charge is 0.497 e. The number of nitrogens with zero attached hydrogens (tertiary/aromatic N) is 1. The molecule has 0 aliphatic heterocycles. The molecule has 1 aromatic carbocycles. The van der Waals surface area contributed by atoms with Gasteiger partial charge < -0.3 is 9.72 Å².